The molecule has 0 amide bonds. The standard InChI is InChI=1S/C7H14O5.C2H4O2/c1-3-5(9)7(11)6(10)4(2-8)12-3;3-1-2-4/h3-11H,2H2,1H3;1,4H,2H2. The Morgan fingerprint density at radius 2 is 1.62 bits per heavy atom. The number of carbonyl (C=O) groups excluding carboxylic acids is 1. The van der Waals surface area contributed by atoms with Gasteiger partial charge in [-0.3, -0.25) is 0 Å². The lowest BCUT2D eigenvalue weighted by atomic mass is 9.96. The first-order valence-corrected chi connectivity index (χ1v) is 4.84. The smallest absolute Gasteiger partial charge is 0.145 e. The summed E-state index contributed by atoms with van der Waals surface area (Å²) < 4.78 is 5.02. The Balaban J connectivity index is 0.000000487. The predicted molar refractivity (Wildman–Crippen MR) is 52.6 cm³/mol. The molecule has 0 radical (unpaired) electrons. The van der Waals surface area contributed by atoms with Crippen molar-refractivity contribution in [2.75, 3.05) is 13.2 Å². The molecule has 7 nitrogen and oxygen atoms in total. The first kappa shape index (κ1) is 15.4. The fourth-order valence-corrected chi connectivity index (χ4v) is 1.29. The Kier molecular flexibility index (Phi) is 7.39. The molecule has 1 fully saturated rings. The molecule has 1 saturated heterocycles. The van der Waals surface area contributed by atoms with Gasteiger partial charge in [0.15, 0.2) is 0 Å². The Morgan fingerprint density at radius 3 is 2.00 bits per heavy atom. The molecule has 1 heterocycles. The molecule has 0 bridgehead atoms. The first-order chi connectivity index (χ1) is 7.49. The Bertz CT molecular complexity index is 194. The van der Waals surface area contributed by atoms with Crippen LogP contribution in [0.15, 0.2) is 0 Å². The highest BCUT2D eigenvalue weighted by Crippen LogP contribution is 2.20. The number of hydrogen-bond acceptors (Lipinski definition) is 7. The molecule has 0 aromatic carbocycles. The van der Waals surface area contributed by atoms with E-state index in [1.165, 1.54) is 0 Å². The van der Waals surface area contributed by atoms with Gasteiger partial charge in [-0.1, -0.05) is 0 Å². The van der Waals surface area contributed by atoms with E-state index in [1.807, 2.05) is 0 Å². The normalized spacial score (nSPS) is 38.5. The molecule has 1 rings (SSSR count). The van der Waals surface area contributed by atoms with Gasteiger partial charge in [0.25, 0.3) is 0 Å². The Morgan fingerprint density at radius 1 is 1.12 bits per heavy atom. The molecule has 5 atom stereocenters. The summed E-state index contributed by atoms with van der Waals surface area (Å²) in [5.41, 5.74) is 0. The van der Waals surface area contributed by atoms with Crippen LogP contribution in [0.1, 0.15) is 6.92 Å². The van der Waals surface area contributed by atoms with E-state index in [0.717, 1.165) is 0 Å². The van der Waals surface area contributed by atoms with Crippen molar-refractivity contribution in [2.24, 2.45) is 0 Å². The average Bonchev–Trinajstić information content (AvgIpc) is 2.31. The van der Waals surface area contributed by atoms with Gasteiger partial charge in [0, 0.05) is 0 Å². The summed E-state index contributed by atoms with van der Waals surface area (Å²) in [7, 11) is 0. The fraction of sp³-hybridized carbons (Fsp3) is 0.889. The van der Waals surface area contributed by atoms with Crippen molar-refractivity contribution in [1.82, 2.24) is 0 Å². The number of aliphatic hydroxyl groups is 5. The van der Waals surface area contributed by atoms with Gasteiger partial charge in [-0.2, -0.15) is 0 Å². The fourth-order valence-electron chi connectivity index (χ4n) is 1.29. The van der Waals surface area contributed by atoms with E-state index in [4.69, 9.17) is 19.7 Å². The quantitative estimate of drug-likeness (QED) is 0.325. The summed E-state index contributed by atoms with van der Waals surface area (Å²) in [4.78, 5) is 8.92. The second kappa shape index (κ2) is 7.66. The Hall–Kier alpha value is -0.570. The van der Waals surface area contributed by atoms with E-state index >= 15 is 0 Å². The van der Waals surface area contributed by atoms with Crippen LogP contribution in [0.5, 0.6) is 0 Å². The molecule has 0 aromatic rings. The highest BCUT2D eigenvalue weighted by Gasteiger charge is 2.41. The van der Waals surface area contributed by atoms with Crippen LogP contribution in [0.2, 0.25) is 0 Å². The third kappa shape index (κ3) is 4.12. The van der Waals surface area contributed by atoms with Crippen molar-refractivity contribution >= 4 is 6.29 Å². The molecule has 5 N–H and O–H groups in total. The highest BCUT2D eigenvalue weighted by atomic mass is 16.5. The van der Waals surface area contributed by atoms with E-state index in [2.05, 4.69) is 0 Å². The van der Waals surface area contributed by atoms with Crippen molar-refractivity contribution in [3.63, 3.8) is 0 Å². The van der Waals surface area contributed by atoms with E-state index in [0.29, 0.717) is 6.29 Å². The second-order valence-electron chi connectivity index (χ2n) is 3.38. The molecule has 0 spiro atoms. The predicted octanol–water partition coefficient (Wildman–Crippen LogP) is -2.97. The molecule has 0 saturated carbocycles. The third-order valence-corrected chi connectivity index (χ3v) is 2.21. The number of aliphatic hydroxyl groups excluding tert-OH is 5. The zero-order chi connectivity index (χ0) is 12.7. The largest absolute Gasteiger partial charge is 0.394 e. The minimum absolute atomic E-state index is 0.361. The van der Waals surface area contributed by atoms with Crippen LogP contribution in [-0.2, 0) is 9.53 Å². The minimum Gasteiger partial charge on any atom is -0.394 e. The number of rotatable bonds is 2. The summed E-state index contributed by atoms with van der Waals surface area (Å²) >= 11 is 0. The SMILES string of the molecule is CC1OC(CO)C(O)C(O)C1O.O=CCO. The molecule has 0 aromatic heterocycles. The molecule has 0 aliphatic carbocycles. The van der Waals surface area contributed by atoms with Gasteiger partial charge in [0.1, 0.15) is 30.7 Å². The summed E-state index contributed by atoms with van der Waals surface area (Å²) in [5, 5.41) is 43.9. The first-order valence-electron chi connectivity index (χ1n) is 4.84. The number of hydrogen-bond donors (Lipinski definition) is 5. The van der Waals surface area contributed by atoms with Gasteiger partial charge in [-0.05, 0) is 6.92 Å². The molecular weight excluding hydrogens is 220 g/mol. The lowest BCUT2D eigenvalue weighted by Crippen LogP contribution is -2.57. The molecule has 1 aliphatic rings. The maximum Gasteiger partial charge on any atom is 0.145 e. The zero-order valence-corrected chi connectivity index (χ0v) is 8.93. The van der Waals surface area contributed by atoms with Crippen molar-refractivity contribution in [3.8, 4) is 0 Å². The van der Waals surface area contributed by atoms with Crippen LogP contribution in [0, 0.1) is 0 Å². The minimum atomic E-state index is -1.24. The zero-order valence-electron chi connectivity index (χ0n) is 8.93. The summed E-state index contributed by atoms with van der Waals surface area (Å²) in [6.45, 7) is 0.845. The molecule has 7 heteroatoms. The average molecular weight is 238 g/mol. The molecular formula is C9H18O7. The van der Waals surface area contributed by atoms with E-state index in [1.54, 1.807) is 6.92 Å². The highest BCUT2D eigenvalue weighted by molar-refractivity contribution is 5.49. The molecule has 96 valence electrons. The van der Waals surface area contributed by atoms with Crippen LogP contribution in [0.25, 0.3) is 0 Å². The molecule has 16 heavy (non-hydrogen) atoms. The van der Waals surface area contributed by atoms with Crippen LogP contribution in [-0.4, -0.2) is 75.6 Å². The second-order valence-corrected chi connectivity index (χ2v) is 3.38. The van der Waals surface area contributed by atoms with Gasteiger partial charge < -0.3 is 35.1 Å². The topological polar surface area (TPSA) is 127 Å². The van der Waals surface area contributed by atoms with Gasteiger partial charge in [-0.15, -0.1) is 0 Å². The maximum atomic E-state index is 9.23. The maximum absolute atomic E-state index is 9.23. The Labute approximate surface area is 92.9 Å². The molecule has 1 aliphatic heterocycles. The van der Waals surface area contributed by atoms with Crippen molar-refractivity contribution in [2.45, 2.75) is 37.4 Å². The van der Waals surface area contributed by atoms with Gasteiger partial charge in [0.05, 0.1) is 19.3 Å². The van der Waals surface area contributed by atoms with Crippen LogP contribution in [0.3, 0.4) is 0 Å². The lowest BCUT2D eigenvalue weighted by molar-refractivity contribution is -0.224. The summed E-state index contributed by atoms with van der Waals surface area (Å²) in [6.07, 6.45) is -4.51. The van der Waals surface area contributed by atoms with Gasteiger partial charge >= 0.3 is 0 Å². The van der Waals surface area contributed by atoms with Gasteiger partial charge in [0.2, 0.25) is 0 Å². The van der Waals surface area contributed by atoms with Crippen molar-refractivity contribution < 1.29 is 35.1 Å². The van der Waals surface area contributed by atoms with Crippen LogP contribution < -0.4 is 0 Å². The summed E-state index contributed by atoms with van der Waals surface area (Å²) in [5.74, 6) is 0. The summed E-state index contributed by atoms with van der Waals surface area (Å²) in [6, 6.07) is 0. The number of aldehydes is 1. The van der Waals surface area contributed by atoms with Crippen LogP contribution >= 0.6 is 0 Å². The van der Waals surface area contributed by atoms with Crippen molar-refractivity contribution in [3.05, 3.63) is 0 Å². The van der Waals surface area contributed by atoms with E-state index in [9.17, 15) is 15.3 Å². The van der Waals surface area contributed by atoms with Gasteiger partial charge in [-0.25, -0.2) is 0 Å². The molecule has 5 unspecified atom stereocenters. The van der Waals surface area contributed by atoms with E-state index in [-0.39, 0.29) is 13.2 Å². The van der Waals surface area contributed by atoms with Crippen LogP contribution in [0.4, 0.5) is 0 Å². The van der Waals surface area contributed by atoms with Crippen molar-refractivity contribution in [1.29, 1.82) is 0 Å². The third-order valence-electron chi connectivity index (χ3n) is 2.21. The number of carbonyl (C=O) groups is 1. The lowest BCUT2D eigenvalue weighted by Gasteiger charge is -2.38. The monoisotopic (exact) mass is 238 g/mol. The van der Waals surface area contributed by atoms with E-state index < -0.39 is 30.5 Å². The number of ether oxygens (including phenoxy) is 1.